The molecule has 3 heteroatoms. The van der Waals surface area contributed by atoms with Gasteiger partial charge in [-0.05, 0) is 33.9 Å². The maximum absolute atomic E-state index is 9.47. The van der Waals surface area contributed by atoms with Crippen LogP contribution in [0.3, 0.4) is 0 Å². The van der Waals surface area contributed by atoms with Gasteiger partial charge in [0.05, 0.1) is 5.60 Å². The molecule has 0 amide bonds. The van der Waals surface area contributed by atoms with E-state index in [0.717, 1.165) is 6.54 Å². The van der Waals surface area contributed by atoms with E-state index in [0.29, 0.717) is 12.6 Å². The molecule has 12 heavy (non-hydrogen) atoms. The fraction of sp³-hybridized carbons (Fsp3) is 1.00. The second-order valence-electron chi connectivity index (χ2n) is 4.44. The summed E-state index contributed by atoms with van der Waals surface area (Å²) >= 11 is 0. The first-order chi connectivity index (χ1) is 5.47. The largest absolute Gasteiger partial charge is 0.389 e. The molecule has 1 heterocycles. The first-order valence-corrected chi connectivity index (χ1v) is 4.62. The fourth-order valence-corrected chi connectivity index (χ4v) is 1.50. The summed E-state index contributed by atoms with van der Waals surface area (Å²) in [4.78, 5) is 2.31. The summed E-state index contributed by atoms with van der Waals surface area (Å²) in [6.07, 6.45) is 1.20. The number of hydrogen-bond acceptors (Lipinski definition) is 3. The minimum Gasteiger partial charge on any atom is -0.389 e. The molecule has 1 rings (SSSR count). The Hall–Kier alpha value is -0.120. The van der Waals surface area contributed by atoms with E-state index in [1.54, 1.807) is 0 Å². The molecule has 0 spiro atoms. The zero-order valence-corrected chi connectivity index (χ0v) is 8.30. The smallest absolute Gasteiger partial charge is 0.0715 e. The minimum atomic E-state index is -0.582. The maximum atomic E-state index is 9.47. The number of likely N-dealkylation sites (tertiary alicyclic amines) is 1. The monoisotopic (exact) mass is 172 g/mol. The first-order valence-electron chi connectivity index (χ1n) is 4.62. The van der Waals surface area contributed by atoms with E-state index in [9.17, 15) is 5.11 Å². The van der Waals surface area contributed by atoms with Gasteiger partial charge in [0.1, 0.15) is 0 Å². The van der Waals surface area contributed by atoms with Crippen molar-refractivity contribution >= 4 is 0 Å². The van der Waals surface area contributed by atoms with Gasteiger partial charge in [-0.25, -0.2) is 0 Å². The van der Waals surface area contributed by atoms with Gasteiger partial charge in [0.2, 0.25) is 0 Å². The van der Waals surface area contributed by atoms with Gasteiger partial charge in [0, 0.05) is 19.1 Å². The number of likely N-dealkylation sites (N-methyl/N-ethyl adjacent to an activating group) is 1. The van der Waals surface area contributed by atoms with E-state index >= 15 is 0 Å². The quantitative estimate of drug-likeness (QED) is 0.631. The van der Waals surface area contributed by atoms with Gasteiger partial charge in [0.25, 0.3) is 0 Å². The molecular formula is C9H20N2O. The summed E-state index contributed by atoms with van der Waals surface area (Å²) in [7, 11) is 2.13. The molecule has 1 aliphatic rings. The lowest BCUT2D eigenvalue weighted by Crippen LogP contribution is -2.41. The molecule has 3 nitrogen and oxygen atoms in total. The third kappa shape index (κ3) is 3.52. The van der Waals surface area contributed by atoms with Crippen molar-refractivity contribution in [3.8, 4) is 0 Å². The van der Waals surface area contributed by atoms with Crippen LogP contribution >= 0.6 is 0 Å². The van der Waals surface area contributed by atoms with Crippen LogP contribution in [0, 0.1) is 0 Å². The average molecular weight is 172 g/mol. The molecular weight excluding hydrogens is 152 g/mol. The third-order valence-corrected chi connectivity index (χ3v) is 2.21. The standard InChI is InChI=1S/C9H20N2O/c1-9(2,12)7-10-8-4-5-11(3)6-8/h8,10,12H,4-7H2,1-3H3/t8-/m1/s1. The Morgan fingerprint density at radius 1 is 1.58 bits per heavy atom. The van der Waals surface area contributed by atoms with Crippen molar-refractivity contribution in [1.29, 1.82) is 0 Å². The van der Waals surface area contributed by atoms with Crippen molar-refractivity contribution in [2.45, 2.75) is 31.9 Å². The summed E-state index contributed by atoms with van der Waals surface area (Å²) < 4.78 is 0. The van der Waals surface area contributed by atoms with E-state index in [2.05, 4.69) is 17.3 Å². The summed E-state index contributed by atoms with van der Waals surface area (Å²) in [5, 5.41) is 12.8. The van der Waals surface area contributed by atoms with Gasteiger partial charge < -0.3 is 15.3 Å². The Morgan fingerprint density at radius 2 is 2.25 bits per heavy atom. The lowest BCUT2D eigenvalue weighted by molar-refractivity contribution is 0.0767. The van der Waals surface area contributed by atoms with Gasteiger partial charge in [0.15, 0.2) is 0 Å². The van der Waals surface area contributed by atoms with Crippen LogP contribution in [0.4, 0.5) is 0 Å². The molecule has 0 unspecified atom stereocenters. The molecule has 1 atom stereocenters. The Morgan fingerprint density at radius 3 is 2.67 bits per heavy atom. The highest BCUT2D eigenvalue weighted by atomic mass is 16.3. The topological polar surface area (TPSA) is 35.5 Å². The Bertz CT molecular complexity index is 142. The highest BCUT2D eigenvalue weighted by Gasteiger charge is 2.21. The minimum absolute atomic E-state index is 0.571. The maximum Gasteiger partial charge on any atom is 0.0715 e. The zero-order valence-electron chi connectivity index (χ0n) is 8.30. The van der Waals surface area contributed by atoms with Crippen LogP contribution in [0.1, 0.15) is 20.3 Å². The number of aliphatic hydroxyl groups is 1. The van der Waals surface area contributed by atoms with Gasteiger partial charge in [-0.3, -0.25) is 0 Å². The molecule has 72 valence electrons. The third-order valence-electron chi connectivity index (χ3n) is 2.21. The molecule has 2 N–H and O–H groups in total. The van der Waals surface area contributed by atoms with Crippen molar-refractivity contribution in [1.82, 2.24) is 10.2 Å². The number of nitrogens with zero attached hydrogens (tertiary/aromatic N) is 1. The Kier molecular flexibility index (Phi) is 3.09. The molecule has 0 aromatic rings. The molecule has 1 fully saturated rings. The number of hydrogen-bond donors (Lipinski definition) is 2. The fourth-order valence-electron chi connectivity index (χ4n) is 1.50. The van der Waals surface area contributed by atoms with Crippen molar-refractivity contribution in [3.63, 3.8) is 0 Å². The number of nitrogens with one attached hydrogen (secondary N) is 1. The van der Waals surface area contributed by atoms with Gasteiger partial charge in [-0.15, -0.1) is 0 Å². The van der Waals surface area contributed by atoms with E-state index in [-0.39, 0.29) is 0 Å². The average Bonchev–Trinajstić information content (AvgIpc) is 2.30. The van der Waals surface area contributed by atoms with Crippen LogP contribution in [-0.2, 0) is 0 Å². The molecule has 0 aliphatic carbocycles. The lowest BCUT2D eigenvalue weighted by Gasteiger charge is -2.21. The molecule has 1 saturated heterocycles. The molecule has 0 saturated carbocycles. The number of rotatable bonds is 3. The molecule has 1 aliphatic heterocycles. The molecule has 0 bridgehead atoms. The van der Waals surface area contributed by atoms with Crippen molar-refractivity contribution in [2.75, 3.05) is 26.7 Å². The van der Waals surface area contributed by atoms with Crippen LogP contribution in [0.15, 0.2) is 0 Å². The molecule has 0 radical (unpaired) electrons. The van der Waals surface area contributed by atoms with E-state index in [4.69, 9.17) is 0 Å². The summed E-state index contributed by atoms with van der Waals surface area (Å²) in [6.45, 7) is 6.63. The second-order valence-corrected chi connectivity index (χ2v) is 4.44. The molecule has 0 aromatic heterocycles. The van der Waals surface area contributed by atoms with Crippen LogP contribution in [0.5, 0.6) is 0 Å². The van der Waals surface area contributed by atoms with Crippen molar-refractivity contribution in [2.24, 2.45) is 0 Å². The van der Waals surface area contributed by atoms with E-state index < -0.39 is 5.60 Å². The van der Waals surface area contributed by atoms with Gasteiger partial charge in [-0.2, -0.15) is 0 Å². The predicted molar refractivity (Wildman–Crippen MR) is 50.2 cm³/mol. The van der Waals surface area contributed by atoms with E-state index in [1.165, 1.54) is 13.0 Å². The van der Waals surface area contributed by atoms with Crippen LogP contribution < -0.4 is 5.32 Å². The highest BCUT2D eigenvalue weighted by molar-refractivity contribution is 4.81. The van der Waals surface area contributed by atoms with E-state index in [1.807, 2.05) is 13.8 Å². The SMILES string of the molecule is CN1CC[C@@H](NCC(C)(C)O)C1. The van der Waals surface area contributed by atoms with Crippen LogP contribution in [-0.4, -0.2) is 48.3 Å². The molecule has 0 aromatic carbocycles. The van der Waals surface area contributed by atoms with Crippen LogP contribution in [0.2, 0.25) is 0 Å². The van der Waals surface area contributed by atoms with Gasteiger partial charge >= 0.3 is 0 Å². The first kappa shape index (κ1) is 9.96. The summed E-state index contributed by atoms with van der Waals surface area (Å²) in [5.41, 5.74) is -0.582. The highest BCUT2D eigenvalue weighted by Crippen LogP contribution is 2.07. The zero-order chi connectivity index (χ0) is 9.19. The lowest BCUT2D eigenvalue weighted by atomic mass is 10.1. The van der Waals surface area contributed by atoms with Crippen LogP contribution in [0.25, 0.3) is 0 Å². The predicted octanol–water partition coefficient (Wildman–Crippen LogP) is 0.0510. The Balaban J connectivity index is 2.16. The van der Waals surface area contributed by atoms with Crippen molar-refractivity contribution in [3.05, 3.63) is 0 Å². The van der Waals surface area contributed by atoms with Crippen molar-refractivity contribution < 1.29 is 5.11 Å². The second kappa shape index (κ2) is 3.73. The Labute approximate surface area is 74.8 Å². The summed E-state index contributed by atoms with van der Waals surface area (Å²) in [5.74, 6) is 0. The normalized spacial score (nSPS) is 26.5. The van der Waals surface area contributed by atoms with Gasteiger partial charge in [-0.1, -0.05) is 0 Å². The summed E-state index contributed by atoms with van der Waals surface area (Å²) in [6, 6.07) is 0.571.